The smallest absolute Gasteiger partial charge is 0.271 e. The molecule has 1 aromatic carbocycles. The Bertz CT molecular complexity index is 897. The van der Waals surface area contributed by atoms with Crippen LogP contribution in [0.1, 0.15) is 22.6 Å². The minimum Gasteiger partial charge on any atom is -0.349 e. The van der Waals surface area contributed by atoms with E-state index in [0.29, 0.717) is 18.8 Å². The van der Waals surface area contributed by atoms with Crippen molar-refractivity contribution in [3.63, 3.8) is 0 Å². The van der Waals surface area contributed by atoms with Crippen molar-refractivity contribution in [2.45, 2.75) is 26.1 Å². The molecule has 0 spiro atoms. The quantitative estimate of drug-likeness (QED) is 0.764. The van der Waals surface area contributed by atoms with Crippen molar-refractivity contribution >= 4 is 16.9 Å². The van der Waals surface area contributed by atoms with E-state index < -0.39 is 0 Å². The lowest BCUT2D eigenvalue weighted by Gasteiger charge is -2.10. The molecule has 4 rings (SSSR count). The summed E-state index contributed by atoms with van der Waals surface area (Å²) >= 11 is 0. The van der Waals surface area contributed by atoms with Crippen LogP contribution >= 0.6 is 0 Å². The van der Waals surface area contributed by atoms with Gasteiger partial charge in [0.2, 0.25) is 0 Å². The van der Waals surface area contributed by atoms with Crippen molar-refractivity contribution in [3.8, 4) is 0 Å². The number of carbonyl (C=O) groups is 1. The number of nitrogens with one attached hydrogen (secondary N) is 1. The summed E-state index contributed by atoms with van der Waals surface area (Å²) in [6, 6.07) is 9.67. The second-order valence-electron chi connectivity index (χ2n) is 6.39. The van der Waals surface area contributed by atoms with Crippen molar-refractivity contribution < 1.29 is 4.79 Å². The highest BCUT2D eigenvalue weighted by atomic mass is 16.1. The van der Waals surface area contributed by atoms with Gasteiger partial charge in [0.25, 0.3) is 5.91 Å². The number of nitrogens with zero attached hydrogens (tertiary/aromatic N) is 6. The Morgan fingerprint density at radius 1 is 1.28 bits per heavy atom. The van der Waals surface area contributed by atoms with Crippen LogP contribution in [0.3, 0.4) is 0 Å². The van der Waals surface area contributed by atoms with Gasteiger partial charge >= 0.3 is 0 Å². The summed E-state index contributed by atoms with van der Waals surface area (Å²) in [7, 11) is 2.09. The molecular formula is C17H21N7O. The molecule has 0 atom stereocenters. The van der Waals surface area contributed by atoms with Gasteiger partial charge in [0, 0.05) is 26.2 Å². The van der Waals surface area contributed by atoms with Gasteiger partial charge in [-0.05, 0) is 31.7 Å². The van der Waals surface area contributed by atoms with Crippen LogP contribution in [0, 0.1) is 0 Å². The van der Waals surface area contributed by atoms with Crippen LogP contribution in [0.15, 0.2) is 30.3 Å². The average molecular weight is 339 g/mol. The van der Waals surface area contributed by atoms with Crippen LogP contribution < -0.4 is 5.32 Å². The first-order valence-electron chi connectivity index (χ1n) is 8.52. The third kappa shape index (κ3) is 3.25. The third-order valence-corrected chi connectivity index (χ3v) is 4.47. The first-order chi connectivity index (χ1) is 12.2. The fourth-order valence-corrected chi connectivity index (χ4v) is 3.18. The number of benzene rings is 1. The van der Waals surface area contributed by atoms with Gasteiger partial charge in [0.05, 0.1) is 17.8 Å². The molecule has 0 saturated carbocycles. The molecule has 1 amide bonds. The zero-order valence-corrected chi connectivity index (χ0v) is 14.2. The average Bonchev–Trinajstić information content (AvgIpc) is 3.15. The van der Waals surface area contributed by atoms with Gasteiger partial charge in [-0.1, -0.05) is 17.3 Å². The van der Waals surface area contributed by atoms with E-state index in [0.717, 1.165) is 42.8 Å². The highest BCUT2D eigenvalue weighted by Gasteiger charge is 2.17. The molecule has 8 heteroatoms. The fourth-order valence-electron chi connectivity index (χ4n) is 3.18. The second kappa shape index (κ2) is 6.64. The largest absolute Gasteiger partial charge is 0.349 e. The lowest BCUT2D eigenvalue weighted by molar-refractivity contribution is 0.0946. The molecule has 0 fully saturated rings. The maximum Gasteiger partial charge on any atom is 0.271 e. The molecule has 1 aliphatic heterocycles. The molecule has 130 valence electrons. The minimum atomic E-state index is -0.146. The Labute approximate surface area is 145 Å². The first kappa shape index (κ1) is 15.8. The molecule has 3 heterocycles. The van der Waals surface area contributed by atoms with Crippen LogP contribution in [0.25, 0.3) is 11.0 Å². The number of fused-ring (bicyclic) bond motifs is 2. The van der Waals surface area contributed by atoms with E-state index in [-0.39, 0.29) is 5.91 Å². The molecule has 0 bridgehead atoms. The Morgan fingerprint density at radius 3 is 3.08 bits per heavy atom. The molecule has 1 N–H and O–H groups in total. The number of amides is 1. The number of para-hydroxylation sites is 1. The molecule has 0 radical (unpaired) electrons. The van der Waals surface area contributed by atoms with Crippen molar-refractivity contribution in [2.24, 2.45) is 0 Å². The van der Waals surface area contributed by atoms with Crippen LogP contribution in [0.2, 0.25) is 0 Å². The summed E-state index contributed by atoms with van der Waals surface area (Å²) in [4.78, 5) is 14.6. The van der Waals surface area contributed by atoms with E-state index in [1.54, 1.807) is 4.68 Å². The lowest BCUT2D eigenvalue weighted by atomic mass is 10.3. The Kier molecular flexibility index (Phi) is 4.19. The van der Waals surface area contributed by atoms with Crippen molar-refractivity contribution in [3.05, 3.63) is 41.7 Å². The Balaban J connectivity index is 1.39. The van der Waals surface area contributed by atoms with Gasteiger partial charge in [-0.25, -0.2) is 4.68 Å². The number of rotatable bonds is 4. The second-order valence-corrected chi connectivity index (χ2v) is 6.39. The number of hydrogen-bond acceptors (Lipinski definition) is 5. The predicted molar refractivity (Wildman–Crippen MR) is 93.0 cm³/mol. The van der Waals surface area contributed by atoms with E-state index in [1.807, 2.05) is 35.0 Å². The van der Waals surface area contributed by atoms with Crippen LogP contribution in [0.5, 0.6) is 0 Å². The van der Waals surface area contributed by atoms with Gasteiger partial charge in [-0.3, -0.25) is 9.48 Å². The SMILES string of the molecule is CN1CCCn2nc(C(=O)NCCn3nnc4ccccc43)cc2C1. The monoisotopic (exact) mass is 339 g/mol. The van der Waals surface area contributed by atoms with E-state index in [2.05, 4.69) is 32.7 Å². The zero-order chi connectivity index (χ0) is 17.2. The topological polar surface area (TPSA) is 80.9 Å². The summed E-state index contributed by atoms with van der Waals surface area (Å²) in [5.41, 5.74) is 3.39. The molecule has 3 aromatic rings. The van der Waals surface area contributed by atoms with Crippen LogP contribution in [0.4, 0.5) is 0 Å². The molecule has 1 aliphatic rings. The summed E-state index contributed by atoms with van der Waals surface area (Å²) in [6.07, 6.45) is 1.05. The highest BCUT2D eigenvalue weighted by molar-refractivity contribution is 5.92. The van der Waals surface area contributed by atoms with E-state index in [1.165, 1.54) is 0 Å². The number of aromatic nitrogens is 5. The molecule has 8 nitrogen and oxygen atoms in total. The minimum absolute atomic E-state index is 0.146. The maximum atomic E-state index is 12.4. The zero-order valence-electron chi connectivity index (χ0n) is 14.2. The van der Waals surface area contributed by atoms with Crippen molar-refractivity contribution in [1.82, 2.24) is 35.0 Å². The first-order valence-corrected chi connectivity index (χ1v) is 8.52. The summed E-state index contributed by atoms with van der Waals surface area (Å²) < 4.78 is 3.75. The Hall–Kier alpha value is -2.74. The molecule has 25 heavy (non-hydrogen) atoms. The summed E-state index contributed by atoms with van der Waals surface area (Å²) in [5.74, 6) is -0.146. The van der Waals surface area contributed by atoms with Gasteiger partial charge in [0.1, 0.15) is 11.2 Å². The summed E-state index contributed by atoms with van der Waals surface area (Å²) in [6.45, 7) is 3.79. The highest BCUT2D eigenvalue weighted by Crippen LogP contribution is 2.12. The molecule has 0 unspecified atom stereocenters. The Morgan fingerprint density at radius 2 is 2.16 bits per heavy atom. The predicted octanol–water partition coefficient (Wildman–Crippen LogP) is 0.893. The van der Waals surface area contributed by atoms with Gasteiger partial charge in [-0.15, -0.1) is 5.10 Å². The fraction of sp³-hybridized carbons (Fsp3) is 0.412. The normalized spacial score (nSPS) is 15.1. The van der Waals surface area contributed by atoms with Gasteiger partial charge in [-0.2, -0.15) is 5.10 Å². The molecule has 0 saturated heterocycles. The lowest BCUT2D eigenvalue weighted by Crippen LogP contribution is -2.28. The maximum absolute atomic E-state index is 12.4. The van der Waals surface area contributed by atoms with E-state index in [9.17, 15) is 4.79 Å². The number of hydrogen-bond donors (Lipinski definition) is 1. The van der Waals surface area contributed by atoms with Crippen molar-refractivity contribution in [1.29, 1.82) is 0 Å². The third-order valence-electron chi connectivity index (χ3n) is 4.47. The van der Waals surface area contributed by atoms with Gasteiger partial charge in [0.15, 0.2) is 0 Å². The van der Waals surface area contributed by atoms with Crippen LogP contribution in [-0.2, 0) is 19.6 Å². The van der Waals surface area contributed by atoms with Gasteiger partial charge < -0.3 is 10.2 Å². The summed E-state index contributed by atoms with van der Waals surface area (Å²) in [5, 5.41) is 15.6. The van der Waals surface area contributed by atoms with E-state index >= 15 is 0 Å². The molecule has 2 aromatic heterocycles. The standard InChI is InChI=1S/C17H21N7O/c1-22-8-4-9-23-13(12-22)11-15(20-23)17(25)18-7-10-24-16-6-3-2-5-14(16)19-21-24/h2-3,5-6,11H,4,7-10,12H2,1H3,(H,18,25). The number of carbonyl (C=O) groups excluding carboxylic acids is 1. The van der Waals surface area contributed by atoms with Crippen LogP contribution in [-0.4, -0.2) is 55.7 Å². The molecule has 0 aliphatic carbocycles. The van der Waals surface area contributed by atoms with Crippen molar-refractivity contribution in [2.75, 3.05) is 20.1 Å². The number of aryl methyl sites for hydroxylation is 1. The molecular weight excluding hydrogens is 318 g/mol. The van der Waals surface area contributed by atoms with E-state index in [4.69, 9.17) is 0 Å².